The Balaban J connectivity index is 1.94. The van der Waals surface area contributed by atoms with Crippen LogP contribution in [0.3, 0.4) is 0 Å². The van der Waals surface area contributed by atoms with Crippen molar-refractivity contribution in [3.8, 4) is 0 Å². The maximum absolute atomic E-state index is 6.28. The summed E-state index contributed by atoms with van der Waals surface area (Å²) >= 11 is 3.62. The third-order valence-electron chi connectivity index (χ3n) is 5.76. The Morgan fingerprint density at radius 2 is 2.08 bits per heavy atom. The van der Waals surface area contributed by atoms with Crippen LogP contribution in [0.4, 0.5) is 0 Å². The number of aliphatic imine (C=N–C) groups is 1. The van der Waals surface area contributed by atoms with Gasteiger partial charge in [0.1, 0.15) is 6.73 Å². The van der Waals surface area contributed by atoms with Crippen LogP contribution in [-0.2, 0) is 15.9 Å². The molecule has 0 bridgehead atoms. The average Bonchev–Trinajstić information content (AvgIpc) is 2.89. The van der Waals surface area contributed by atoms with Gasteiger partial charge in [0, 0.05) is 31.2 Å². The van der Waals surface area contributed by atoms with E-state index in [0.29, 0.717) is 18.8 Å². The molecular weight excluding hydrogens is 382 g/mol. The maximum atomic E-state index is 6.28. The Kier molecular flexibility index (Phi) is 5.71. The molecule has 0 heterocycles. The first-order chi connectivity index (χ1) is 12.0. The number of nitrogens with zero attached hydrogens (tertiary/aromatic N) is 2. The molecule has 3 rings (SSSR count). The van der Waals surface area contributed by atoms with Crippen LogP contribution in [0.25, 0.3) is 0 Å². The van der Waals surface area contributed by atoms with E-state index < -0.39 is 0 Å². The summed E-state index contributed by atoms with van der Waals surface area (Å²) in [6.07, 6.45) is 5.86. The highest BCUT2D eigenvalue weighted by Crippen LogP contribution is 2.56. The maximum Gasteiger partial charge on any atom is 0.193 e. The predicted molar refractivity (Wildman–Crippen MR) is 104 cm³/mol. The molecule has 0 saturated heterocycles. The van der Waals surface area contributed by atoms with E-state index >= 15 is 0 Å². The second kappa shape index (κ2) is 7.64. The number of nitrogens with two attached hydrogens (primary N) is 1. The topological polar surface area (TPSA) is 60.1 Å². The average molecular weight is 410 g/mol. The van der Waals surface area contributed by atoms with E-state index in [2.05, 4.69) is 34.1 Å². The van der Waals surface area contributed by atoms with Gasteiger partial charge in [-0.1, -0.05) is 22.0 Å². The largest absolute Gasteiger partial charge is 0.381 e. The van der Waals surface area contributed by atoms with E-state index in [1.807, 2.05) is 19.1 Å². The second-order valence-corrected chi connectivity index (χ2v) is 8.24. The highest BCUT2D eigenvalue weighted by Gasteiger charge is 2.48. The van der Waals surface area contributed by atoms with Crippen LogP contribution in [0.5, 0.6) is 0 Å². The Morgan fingerprint density at radius 3 is 2.72 bits per heavy atom. The van der Waals surface area contributed by atoms with Gasteiger partial charge in [0.25, 0.3) is 0 Å². The summed E-state index contributed by atoms with van der Waals surface area (Å²) in [4.78, 5) is 6.84. The molecule has 138 valence electrons. The van der Waals surface area contributed by atoms with Crippen molar-refractivity contribution in [2.45, 2.75) is 44.2 Å². The first kappa shape index (κ1) is 18.7. The van der Waals surface area contributed by atoms with Gasteiger partial charge in [-0.15, -0.1) is 0 Å². The molecule has 2 N–H and O–H groups in total. The highest BCUT2D eigenvalue weighted by molar-refractivity contribution is 9.10. The van der Waals surface area contributed by atoms with Crippen LogP contribution >= 0.6 is 15.9 Å². The van der Waals surface area contributed by atoms with Crippen molar-refractivity contribution in [2.24, 2.45) is 16.1 Å². The summed E-state index contributed by atoms with van der Waals surface area (Å²) in [5.41, 5.74) is 9.13. The second-order valence-electron chi connectivity index (χ2n) is 7.32. The molecule has 25 heavy (non-hydrogen) atoms. The number of methoxy groups -OCH3 is 2. The third kappa shape index (κ3) is 3.71. The van der Waals surface area contributed by atoms with Crippen LogP contribution in [0.15, 0.2) is 27.7 Å². The molecule has 0 aliphatic heterocycles. The Morgan fingerprint density at radius 1 is 1.36 bits per heavy atom. The van der Waals surface area contributed by atoms with E-state index in [0.717, 1.165) is 36.6 Å². The molecule has 2 aliphatic rings. The summed E-state index contributed by atoms with van der Waals surface area (Å²) in [6.45, 7) is 0.437. The van der Waals surface area contributed by atoms with Crippen molar-refractivity contribution in [2.75, 3.05) is 28.0 Å². The molecule has 1 spiro atoms. The number of halogens is 1. The van der Waals surface area contributed by atoms with Crippen molar-refractivity contribution < 1.29 is 9.47 Å². The first-order valence-electron chi connectivity index (χ1n) is 8.83. The zero-order valence-electron chi connectivity index (χ0n) is 15.3. The number of fused-ring (bicyclic) bond motifs is 1. The van der Waals surface area contributed by atoms with Gasteiger partial charge in [0.05, 0.1) is 12.1 Å². The number of hydrogen-bond donors (Lipinski definition) is 1. The van der Waals surface area contributed by atoms with E-state index in [9.17, 15) is 0 Å². The van der Waals surface area contributed by atoms with Gasteiger partial charge in [-0.2, -0.15) is 0 Å². The van der Waals surface area contributed by atoms with Crippen molar-refractivity contribution in [1.29, 1.82) is 0 Å². The van der Waals surface area contributed by atoms with Gasteiger partial charge >= 0.3 is 0 Å². The van der Waals surface area contributed by atoms with E-state index in [1.165, 1.54) is 11.1 Å². The van der Waals surface area contributed by atoms with Crippen LogP contribution in [0.2, 0.25) is 0 Å². The normalized spacial score (nSPS) is 29.0. The fourth-order valence-corrected chi connectivity index (χ4v) is 4.72. The molecule has 1 saturated carbocycles. The molecule has 0 amide bonds. The quantitative estimate of drug-likeness (QED) is 0.469. The smallest absolute Gasteiger partial charge is 0.193 e. The van der Waals surface area contributed by atoms with Crippen molar-refractivity contribution in [1.82, 2.24) is 4.90 Å². The van der Waals surface area contributed by atoms with Gasteiger partial charge in [0.15, 0.2) is 5.96 Å². The summed E-state index contributed by atoms with van der Waals surface area (Å²) in [5, 5.41) is 0. The van der Waals surface area contributed by atoms with Crippen LogP contribution < -0.4 is 5.73 Å². The lowest BCUT2D eigenvalue weighted by molar-refractivity contribution is 0.0208. The van der Waals surface area contributed by atoms with Crippen LogP contribution in [0, 0.1) is 5.41 Å². The fraction of sp³-hybridized carbons (Fsp3) is 0.632. The van der Waals surface area contributed by atoms with E-state index in [1.54, 1.807) is 7.11 Å². The SMILES string of the molecule is COCN(C)C(N)=NC1c2cc(Br)ccc2CC12CCC(OC)CC2. The van der Waals surface area contributed by atoms with Gasteiger partial charge in [-0.05, 0) is 55.4 Å². The molecule has 5 nitrogen and oxygen atoms in total. The lowest BCUT2D eigenvalue weighted by Crippen LogP contribution is -2.38. The van der Waals surface area contributed by atoms with Crippen molar-refractivity contribution in [3.63, 3.8) is 0 Å². The van der Waals surface area contributed by atoms with Gasteiger partial charge in [-0.3, -0.25) is 0 Å². The molecule has 1 aromatic rings. The monoisotopic (exact) mass is 409 g/mol. The van der Waals surface area contributed by atoms with Gasteiger partial charge < -0.3 is 20.1 Å². The third-order valence-corrected chi connectivity index (χ3v) is 6.26. The fourth-order valence-electron chi connectivity index (χ4n) is 4.34. The minimum absolute atomic E-state index is 0.0945. The van der Waals surface area contributed by atoms with E-state index in [4.69, 9.17) is 20.2 Å². The molecule has 1 aromatic carbocycles. The molecule has 1 atom stereocenters. The van der Waals surface area contributed by atoms with Gasteiger partial charge in [-0.25, -0.2) is 4.99 Å². The summed E-state index contributed by atoms with van der Waals surface area (Å²) in [7, 11) is 5.39. The summed E-state index contributed by atoms with van der Waals surface area (Å²) in [5.74, 6) is 0.535. The van der Waals surface area contributed by atoms with Gasteiger partial charge in [0.2, 0.25) is 0 Å². The Bertz CT molecular complexity index is 642. The first-order valence-corrected chi connectivity index (χ1v) is 9.63. The van der Waals surface area contributed by atoms with Crippen LogP contribution in [-0.4, -0.2) is 45.0 Å². The number of benzene rings is 1. The highest BCUT2D eigenvalue weighted by atomic mass is 79.9. The molecule has 0 aromatic heterocycles. The molecular formula is C19H28BrN3O2. The summed E-state index contributed by atoms with van der Waals surface area (Å²) < 4.78 is 11.9. The molecule has 1 unspecified atom stereocenters. The van der Waals surface area contributed by atoms with Crippen LogP contribution in [0.1, 0.15) is 42.9 Å². The lowest BCUT2D eigenvalue weighted by atomic mass is 9.69. The number of ether oxygens (including phenoxy) is 2. The molecule has 0 radical (unpaired) electrons. The van der Waals surface area contributed by atoms with Crippen molar-refractivity contribution >= 4 is 21.9 Å². The predicted octanol–water partition coefficient (Wildman–Crippen LogP) is 3.47. The summed E-state index contributed by atoms with van der Waals surface area (Å²) in [6, 6.07) is 6.66. The molecule has 2 aliphatic carbocycles. The standard InChI is InChI=1S/C19H28BrN3O2/c1-23(12-24-2)18(21)22-17-16-10-14(20)5-4-13(16)11-19(17)8-6-15(25-3)7-9-19/h4-5,10,15,17H,6-9,11-12H2,1-3H3,(H2,21,22). The number of hydrogen-bond acceptors (Lipinski definition) is 3. The zero-order valence-corrected chi connectivity index (χ0v) is 16.9. The minimum atomic E-state index is 0.0945. The number of rotatable bonds is 4. The Labute approximate surface area is 158 Å². The molecule has 6 heteroatoms. The Hall–Kier alpha value is -1.11. The van der Waals surface area contributed by atoms with E-state index in [-0.39, 0.29) is 11.5 Å². The molecule has 1 fully saturated rings. The zero-order chi connectivity index (χ0) is 18.0. The minimum Gasteiger partial charge on any atom is -0.381 e. The number of guanidine groups is 1. The van der Waals surface area contributed by atoms with Crippen molar-refractivity contribution in [3.05, 3.63) is 33.8 Å². The lowest BCUT2D eigenvalue weighted by Gasteiger charge is -2.40.